The Morgan fingerprint density at radius 3 is 3.00 bits per heavy atom. The number of aromatic amines is 1. The second kappa shape index (κ2) is 5.58. The van der Waals surface area contributed by atoms with Crippen LogP contribution in [0.1, 0.15) is 30.0 Å². The van der Waals surface area contributed by atoms with Gasteiger partial charge in [-0.1, -0.05) is 6.92 Å². The molecule has 0 radical (unpaired) electrons. The summed E-state index contributed by atoms with van der Waals surface area (Å²) in [5.41, 5.74) is 7.34. The van der Waals surface area contributed by atoms with E-state index in [1.807, 2.05) is 13.8 Å². The van der Waals surface area contributed by atoms with E-state index in [0.717, 1.165) is 5.69 Å². The van der Waals surface area contributed by atoms with E-state index < -0.39 is 0 Å². The molecule has 1 aromatic heterocycles. The van der Waals surface area contributed by atoms with Crippen molar-refractivity contribution in [1.82, 2.24) is 15.1 Å². The van der Waals surface area contributed by atoms with Crippen molar-refractivity contribution in [2.45, 2.75) is 32.4 Å². The summed E-state index contributed by atoms with van der Waals surface area (Å²) in [5.74, 6) is -0.220. The lowest BCUT2D eigenvalue weighted by molar-refractivity contribution is -0.0668. The Bertz CT molecular complexity index is 460. The lowest BCUT2D eigenvalue weighted by atomic mass is 10.1. The molecule has 0 aromatic carbocycles. The van der Waals surface area contributed by atoms with Crippen LogP contribution in [0.5, 0.6) is 0 Å². The van der Waals surface area contributed by atoms with Crippen molar-refractivity contribution < 1.29 is 14.6 Å². The number of nitrogen functional groups attached to an aromatic ring is 1. The second-order valence-electron chi connectivity index (χ2n) is 4.76. The highest BCUT2D eigenvalue weighted by Gasteiger charge is 2.32. The zero-order chi connectivity index (χ0) is 14.0. The molecule has 1 aliphatic rings. The van der Waals surface area contributed by atoms with Crippen LogP contribution in [0.4, 0.5) is 5.69 Å². The summed E-state index contributed by atoms with van der Waals surface area (Å²) in [4.78, 5) is 14.1. The number of hydrogen-bond acceptors (Lipinski definition) is 5. The molecule has 1 amide bonds. The summed E-state index contributed by atoms with van der Waals surface area (Å²) in [6, 6.07) is -0.0588. The first-order valence-corrected chi connectivity index (χ1v) is 6.44. The van der Waals surface area contributed by atoms with Gasteiger partial charge in [0.1, 0.15) is 0 Å². The van der Waals surface area contributed by atoms with E-state index >= 15 is 0 Å². The van der Waals surface area contributed by atoms with Crippen LogP contribution < -0.4 is 5.73 Å². The van der Waals surface area contributed by atoms with E-state index in [1.54, 1.807) is 4.90 Å². The fraction of sp³-hybridized carbons (Fsp3) is 0.667. The summed E-state index contributed by atoms with van der Waals surface area (Å²) in [7, 11) is 0. The molecule has 7 heteroatoms. The second-order valence-corrected chi connectivity index (χ2v) is 4.76. The molecule has 19 heavy (non-hydrogen) atoms. The van der Waals surface area contributed by atoms with Crippen LogP contribution >= 0.6 is 0 Å². The summed E-state index contributed by atoms with van der Waals surface area (Å²) >= 11 is 0. The van der Waals surface area contributed by atoms with Gasteiger partial charge in [-0.2, -0.15) is 5.10 Å². The number of amides is 1. The molecular formula is C12H20N4O3. The number of rotatable bonds is 3. The van der Waals surface area contributed by atoms with Crippen molar-refractivity contribution in [3.05, 3.63) is 11.4 Å². The fourth-order valence-corrected chi connectivity index (χ4v) is 2.17. The molecule has 1 saturated heterocycles. The number of aryl methyl sites for hydroxylation is 1. The number of nitrogens with one attached hydrogen (secondary N) is 1. The Kier molecular flexibility index (Phi) is 4.06. The van der Waals surface area contributed by atoms with Crippen LogP contribution in [0, 0.1) is 0 Å². The number of nitrogens with zero attached hydrogens (tertiary/aromatic N) is 2. The average Bonchev–Trinajstić information content (AvgIpc) is 2.79. The Morgan fingerprint density at radius 1 is 1.68 bits per heavy atom. The molecule has 4 N–H and O–H groups in total. The number of H-pyrrole nitrogens is 1. The van der Waals surface area contributed by atoms with Gasteiger partial charge in [0.15, 0.2) is 5.69 Å². The number of ether oxygens (including phenoxy) is 1. The highest BCUT2D eigenvalue weighted by Crippen LogP contribution is 2.20. The molecule has 7 nitrogen and oxygen atoms in total. The number of carbonyl (C=O) groups is 1. The van der Waals surface area contributed by atoms with E-state index in [2.05, 4.69) is 10.2 Å². The molecule has 2 heterocycles. The van der Waals surface area contributed by atoms with Crippen LogP contribution in [0.2, 0.25) is 0 Å². The van der Waals surface area contributed by atoms with Gasteiger partial charge in [-0.15, -0.1) is 0 Å². The number of hydrogen-bond donors (Lipinski definition) is 3. The number of anilines is 1. The molecule has 0 aliphatic carbocycles. The van der Waals surface area contributed by atoms with Crippen LogP contribution in [0.3, 0.4) is 0 Å². The van der Waals surface area contributed by atoms with Crippen molar-refractivity contribution in [1.29, 1.82) is 0 Å². The van der Waals surface area contributed by atoms with E-state index in [0.29, 0.717) is 25.3 Å². The van der Waals surface area contributed by atoms with Crippen molar-refractivity contribution in [2.24, 2.45) is 0 Å². The van der Waals surface area contributed by atoms with Crippen molar-refractivity contribution in [3.8, 4) is 0 Å². The minimum absolute atomic E-state index is 0.0588. The van der Waals surface area contributed by atoms with Gasteiger partial charge in [-0.05, 0) is 13.3 Å². The fourth-order valence-electron chi connectivity index (χ4n) is 2.17. The molecule has 0 bridgehead atoms. The third kappa shape index (κ3) is 2.57. The third-order valence-electron chi connectivity index (χ3n) is 3.41. The van der Waals surface area contributed by atoms with Crippen LogP contribution in [-0.2, 0) is 11.2 Å². The van der Waals surface area contributed by atoms with Crippen molar-refractivity contribution in [2.75, 3.05) is 25.5 Å². The lowest BCUT2D eigenvalue weighted by Gasteiger charge is -2.37. The normalized spacial score (nSPS) is 23.6. The van der Waals surface area contributed by atoms with E-state index in [4.69, 9.17) is 15.6 Å². The topological polar surface area (TPSA) is 104 Å². The predicted molar refractivity (Wildman–Crippen MR) is 69.7 cm³/mol. The first kappa shape index (κ1) is 13.8. The number of carbonyl (C=O) groups excluding carboxylic acids is 1. The van der Waals surface area contributed by atoms with Crippen LogP contribution in [0.15, 0.2) is 0 Å². The number of nitrogens with two attached hydrogens (primary N) is 1. The maximum Gasteiger partial charge on any atom is 0.276 e. The predicted octanol–water partition coefficient (Wildman–Crippen LogP) is -0.224. The van der Waals surface area contributed by atoms with Crippen LogP contribution in [-0.4, -0.2) is 58.0 Å². The Hall–Kier alpha value is -1.60. The SMILES string of the molecule is CCc1[nH]nc(C(=O)N2CC(CO)OCC2C)c1N. The minimum Gasteiger partial charge on any atom is -0.395 e. The quantitative estimate of drug-likeness (QED) is 0.702. The largest absolute Gasteiger partial charge is 0.395 e. The number of aromatic nitrogens is 2. The Morgan fingerprint density at radius 2 is 2.42 bits per heavy atom. The highest BCUT2D eigenvalue weighted by atomic mass is 16.5. The number of aliphatic hydroxyl groups excluding tert-OH is 1. The number of aliphatic hydroxyl groups is 1. The molecule has 2 atom stereocenters. The van der Waals surface area contributed by atoms with Gasteiger partial charge in [0.25, 0.3) is 5.91 Å². The van der Waals surface area contributed by atoms with E-state index in [1.165, 1.54) is 0 Å². The third-order valence-corrected chi connectivity index (χ3v) is 3.41. The first-order valence-electron chi connectivity index (χ1n) is 6.44. The lowest BCUT2D eigenvalue weighted by Crippen LogP contribution is -2.52. The summed E-state index contributed by atoms with van der Waals surface area (Å²) in [6.45, 7) is 4.49. The van der Waals surface area contributed by atoms with Crippen molar-refractivity contribution >= 4 is 11.6 Å². The van der Waals surface area contributed by atoms with Gasteiger partial charge in [-0.25, -0.2) is 0 Å². The molecule has 106 valence electrons. The average molecular weight is 268 g/mol. The zero-order valence-corrected chi connectivity index (χ0v) is 11.2. The molecular weight excluding hydrogens is 248 g/mol. The highest BCUT2D eigenvalue weighted by molar-refractivity contribution is 5.97. The summed E-state index contributed by atoms with van der Waals surface area (Å²) in [6.07, 6.45) is 0.357. The molecule has 1 aliphatic heterocycles. The van der Waals surface area contributed by atoms with E-state index in [9.17, 15) is 4.79 Å². The van der Waals surface area contributed by atoms with Gasteiger partial charge >= 0.3 is 0 Å². The minimum atomic E-state index is -0.342. The molecule has 0 saturated carbocycles. The maximum absolute atomic E-state index is 12.4. The van der Waals surface area contributed by atoms with Gasteiger partial charge in [0, 0.05) is 6.54 Å². The zero-order valence-electron chi connectivity index (χ0n) is 11.2. The van der Waals surface area contributed by atoms with Gasteiger partial charge < -0.3 is 20.5 Å². The molecule has 2 unspecified atom stereocenters. The molecule has 2 rings (SSSR count). The summed E-state index contributed by atoms with van der Waals surface area (Å²) in [5, 5.41) is 15.9. The molecule has 1 fully saturated rings. The Labute approximate surface area is 111 Å². The standard InChI is InChI=1S/C12H20N4O3/c1-3-9-10(13)11(15-14-9)12(18)16-4-8(5-17)19-6-7(16)2/h7-8,17H,3-6,13H2,1-2H3,(H,14,15). The summed E-state index contributed by atoms with van der Waals surface area (Å²) < 4.78 is 5.41. The van der Waals surface area contributed by atoms with E-state index in [-0.39, 0.29) is 30.4 Å². The van der Waals surface area contributed by atoms with Gasteiger partial charge in [0.2, 0.25) is 0 Å². The first-order chi connectivity index (χ1) is 9.08. The maximum atomic E-state index is 12.4. The Balaban J connectivity index is 2.19. The van der Waals surface area contributed by atoms with Crippen LogP contribution in [0.25, 0.3) is 0 Å². The number of morpholine rings is 1. The molecule has 0 spiro atoms. The monoisotopic (exact) mass is 268 g/mol. The van der Waals surface area contributed by atoms with Gasteiger partial charge in [0.05, 0.1) is 36.7 Å². The van der Waals surface area contributed by atoms with Gasteiger partial charge in [-0.3, -0.25) is 9.89 Å². The smallest absolute Gasteiger partial charge is 0.276 e. The molecule has 1 aromatic rings. The van der Waals surface area contributed by atoms with Crippen molar-refractivity contribution in [3.63, 3.8) is 0 Å².